The topological polar surface area (TPSA) is 59.4 Å². The van der Waals surface area contributed by atoms with Gasteiger partial charge in [-0.25, -0.2) is 9.78 Å². The molecule has 0 saturated carbocycles. The molecule has 4 nitrogen and oxygen atoms in total. The van der Waals surface area contributed by atoms with Crippen LogP contribution in [0, 0.1) is 17.8 Å². The van der Waals surface area contributed by atoms with Crippen LogP contribution in [-0.4, -0.2) is 22.7 Å². The standard InChI is InChI=1S/C11H9BrFNO3/c1-2-17-9(16)4-3-8(15)10-7(12)5-6-14-11(10)13/h5-6,8,15H,2H2,1H3. The van der Waals surface area contributed by atoms with E-state index in [0.717, 1.165) is 0 Å². The van der Waals surface area contributed by atoms with Gasteiger partial charge in [-0.1, -0.05) is 21.9 Å². The van der Waals surface area contributed by atoms with Crippen molar-refractivity contribution in [2.24, 2.45) is 0 Å². The lowest BCUT2D eigenvalue weighted by molar-refractivity contribution is -0.136. The number of hydrogen-bond donors (Lipinski definition) is 1. The van der Waals surface area contributed by atoms with Crippen LogP contribution >= 0.6 is 15.9 Å². The quantitative estimate of drug-likeness (QED) is 0.390. The molecule has 0 radical (unpaired) electrons. The molecule has 0 bridgehead atoms. The fourth-order valence-electron chi connectivity index (χ4n) is 1.04. The highest BCUT2D eigenvalue weighted by Crippen LogP contribution is 2.24. The highest BCUT2D eigenvalue weighted by Gasteiger charge is 2.15. The van der Waals surface area contributed by atoms with Gasteiger partial charge < -0.3 is 9.84 Å². The average molecular weight is 302 g/mol. The van der Waals surface area contributed by atoms with E-state index in [1.54, 1.807) is 6.92 Å². The van der Waals surface area contributed by atoms with Crippen LogP contribution in [0.15, 0.2) is 16.7 Å². The summed E-state index contributed by atoms with van der Waals surface area (Å²) in [5.41, 5.74) is -0.107. The fraction of sp³-hybridized carbons (Fsp3) is 0.273. The van der Waals surface area contributed by atoms with Crippen LogP contribution in [0.1, 0.15) is 18.6 Å². The summed E-state index contributed by atoms with van der Waals surface area (Å²) in [5, 5.41) is 9.61. The molecule has 1 aromatic rings. The fourth-order valence-corrected chi connectivity index (χ4v) is 1.53. The molecular formula is C11H9BrFNO3. The number of pyridine rings is 1. The van der Waals surface area contributed by atoms with E-state index in [1.807, 2.05) is 0 Å². The van der Waals surface area contributed by atoms with Crippen molar-refractivity contribution in [2.75, 3.05) is 6.61 Å². The van der Waals surface area contributed by atoms with Crippen molar-refractivity contribution in [2.45, 2.75) is 13.0 Å². The molecule has 0 spiro atoms. The van der Waals surface area contributed by atoms with Gasteiger partial charge in [0.05, 0.1) is 12.2 Å². The van der Waals surface area contributed by atoms with Gasteiger partial charge >= 0.3 is 5.97 Å². The van der Waals surface area contributed by atoms with Gasteiger partial charge in [0.2, 0.25) is 5.95 Å². The van der Waals surface area contributed by atoms with Gasteiger partial charge in [0, 0.05) is 16.6 Å². The first-order chi connectivity index (χ1) is 8.06. The van der Waals surface area contributed by atoms with Crippen LogP contribution in [0.5, 0.6) is 0 Å². The number of hydrogen-bond acceptors (Lipinski definition) is 4. The van der Waals surface area contributed by atoms with E-state index in [2.05, 4.69) is 37.5 Å². The maximum Gasteiger partial charge on any atom is 0.384 e. The van der Waals surface area contributed by atoms with E-state index in [9.17, 15) is 14.3 Å². The lowest BCUT2D eigenvalue weighted by Crippen LogP contribution is -2.04. The van der Waals surface area contributed by atoms with Crippen molar-refractivity contribution >= 4 is 21.9 Å². The molecule has 17 heavy (non-hydrogen) atoms. The van der Waals surface area contributed by atoms with Gasteiger partial charge in [-0.3, -0.25) is 0 Å². The van der Waals surface area contributed by atoms with Gasteiger partial charge in [-0.15, -0.1) is 0 Å². The minimum Gasteiger partial charge on any atom is -0.456 e. The molecule has 1 atom stereocenters. The van der Waals surface area contributed by atoms with Gasteiger partial charge in [0.25, 0.3) is 0 Å². The Bertz CT molecular complexity index is 461. The Morgan fingerprint density at radius 1 is 1.76 bits per heavy atom. The van der Waals surface area contributed by atoms with Crippen molar-refractivity contribution in [3.63, 3.8) is 0 Å². The first-order valence-electron chi connectivity index (χ1n) is 4.72. The third kappa shape index (κ3) is 3.80. The summed E-state index contributed by atoms with van der Waals surface area (Å²) >= 11 is 3.06. The predicted octanol–water partition coefficient (Wildman–Crippen LogP) is 1.58. The Morgan fingerprint density at radius 2 is 2.47 bits per heavy atom. The number of nitrogens with zero attached hydrogens (tertiary/aromatic N) is 1. The largest absolute Gasteiger partial charge is 0.456 e. The van der Waals surface area contributed by atoms with Gasteiger partial charge in [0.1, 0.15) is 6.10 Å². The molecule has 90 valence electrons. The van der Waals surface area contributed by atoms with Crippen LogP contribution in [0.4, 0.5) is 4.39 Å². The monoisotopic (exact) mass is 301 g/mol. The minimum absolute atomic E-state index is 0.107. The van der Waals surface area contributed by atoms with Crippen molar-refractivity contribution in [3.05, 3.63) is 28.2 Å². The average Bonchev–Trinajstić information content (AvgIpc) is 2.26. The summed E-state index contributed by atoms with van der Waals surface area (Å²) in [6, 6.07) is 1.47. The molecule has 0 aliphatic carbocycles. The third-order valence-electron chi connectivity index (χ3n) is 1.75. The Labute approximate surface area is 106 Å². The summed E-state index contributed by atoms with van der Waals surface area (Å²) in [7, 11) is 0. The van der Waals surface area contributed by atoms with Crippen molar-refractivity contribution in [1.29, 1.82) is 0 Å². The highest BCUT2D eigenvalue weighted by atomic mass is 79.9. The lowest BCUT2D eigenvalue weighted by Gasteiger charge is -2.06. The Balaban J connectivity index is 2.90. The summed E-state index contributed by atoms with van der Waals surface area (Å²) in [4.78, 5) is 14.3. The highest BCUT2D eigenvalue weighted by molar-refractivity contribution is 9.10. The Morgan fingerprint density at radius 3 is 3.06 bits per heavy atom. The number of aliphatic hydroxyl groups is 1. The van der Waals surface area contributed by atoms with E-state index >= 15 is 0 Å². The predicted molar refractivity (Wildman–Crippen MR) is 61.3 cm³/mol. The van der Waals surface area contributed by atoms with E-state index < -0.39 is 18.0 Å². The van der Waals surface area contributed by atoms with Crippen LogP contribution in [0.3, 0.4) is 0 Å². The normalized spacial score (nSPS) is 11.3. The second-order valence-corrected chi connectivity index (χ2v) is 3.74. The molecule has 1 aromatic heterocycles. The van der Waals surface area contributed by atoms with Crippen LogP contribution in [-0.2, 0) is 9.53 Å². The van der Waals surface area contributed by atoms with Crippen molar-refractivity contribution in [1.82, 2.24) is 4.98 Å². The first-order valence-corrected chi connectivity index (χ1v) is 5.51. The molecule has 0 aromatic carbocycles. The molecule has 1 rings (SSSR count). The van der Waals surface area contributed by atoms with Gasteiger partial charge in [0.15, 0.2) is 0 Å². The number of carbonyl (C=O) groups is 1. The van der Waals surface area contributed by atoms with E-state index in [0.29, 0.717) is 4.47 Å². The van der Waals surface area contributed by atoms with E-state index in [4.69, 9.17) is 0 Å². The second kappa shape index (κ2) is 6.33. The number of ether oxygens (including phenoxy) is 1. The molecular weight excluding hydrogens is 293 g/mol. The molecule has 1 heterocycles. The zero-order valence-corrected chi connectivity index (χ0v) is 10.5. The van der Waals surface area contributed by atoms with Gasteiger partial charge in [-0.05, 0) is 13.0 Å². The molecule has 0 aliphatic rings. The smallest absolute Gasteiger partial charge is 0.384 e. The molecule has 6 heteroatoms. The Kier molecular flexibility index (Phi) is 5.07. The SMILES string of the molecule is CCOC(=O)C#CC(O)c1c(Br)ccnc1F. The lowest BCUT2D eigenvalue weighted by atomic mass is 10.1. The molecule has 0 fully saturated rings. The number of carbonyl (C=O) groups excluding carboxylic acids is 1. The van der Waals surface area contributed by atoms with Crippen LogP contribution < -0.4 is 0 Å². The number of aliphatic hydroxyl groups excluding tert-OH is 1. The summed E-state index contributed by atoms with van der Waals surface area (Å²) in [5.74, 6) is 2.63. The Hall–Kier alpha value is -1.45. The molecule has 0 aliphatic heterocycles. The maximum absolute atomic E-state index is 13.3. The number of aromatic nitrogens is 1. The van der Waals surface area contributed by atoms with Gasteiger partial charge in [-0.2, -0.15) is 4.39 Å². The molecule has 1 unspecified atom stereocenters. The summed E-state index contributed by atoms with van der Waals surface area (Å²) < 4.78 is 18.2. The van der Waals surface area contributed by atoms with E-state index in [1.165, 1.54) is 12.3 Å². The maximum atomic E-state index is 13.3. The van der Waals surface area contributed by atoms with Crippen LogP contribution in [0.2, 0.25) is 0 Å². The zero-order chi connectivity index (χ0) is 12.8. The molecule has 0 saturated heterocycles. The minimum atomic E-state index is -1.44. The summed E-state index contributed by atoms with van der Waals surface area (Å²) in [6.07, 6.45) is -0.198. The first kappa shape index (κ1) is 13.6. The zero-order valence-electron chi connectivity index (χ0n) is 8.91. The van der Waals surface area contributed by atoms with Crippen molar-refractivity contribution < 1.29 is 19.0 Å². The summed E-state index contributed by atoms with van der Waals surface area (Å²) in [6.45, 7) is 1.82. The number of rotatable bonds is 2. The number of esters is 1. The number of halogens is 2. The molecule has 0 amide bonds. The van der Waals surface area contributed by atoms with Crippen molar-refractivity contribution in [3.8, 4) is 11.8 Å². The van der Waals surface area contributed by atoms with Crippen LogP contribution in [0.25, 0.3) is 0 Å². The molecule has 1 N–H and O–H groups in total. The second-order valence-electron chi connectivity index (χ2n) is 2.89. The third-order valence-corrected chi connectivity index (χ3v) is 2.44. The van der Waals surface area contributed by atoms with E-state index in [-0.39, 0.29) is 12.2 Å².